The molecule has 0 bridgehead atoms. The largest absolute Gasteiger partial charge is 0.478 e. The van der Waals surface area contributed by atoms with E-state index in [1.807, 2.05) is 60.7 Å². The van der Waals surface area contributed by atoms with E-state index in [0.29, 0.717) is 33.5 Å². The molecule has 5 aromatic rings. The summed E-state index contributed by atoms with van der Waals surface area (Å²) < 4.78 is 0. The van der Waals surface area contributed by atoms with Gasteiger partial charge in [0.25, 0.3) is 5.91 Å². The third-order valence-corrected chi connectivity index (χ3v) is 6.88. The minimum atomic E-state index is -1.14. The number of para-hydroxylation sites is 2. The quantitative estimate of drug-likeness (QED) is 0.188. The van der Waals surface area contributed by atoms with Crippen LogP contribution in [0.2, 0.25) is 5.02 Å². The minimum absolute atomic E-state index is 0.00222. The average molecular weight is 538 g/mol. The third-order valence-electron chi connectivity index (χ3n) is 6.64. The second-order valence-electron chi connectivity index (χ2n) is 9.92. The van der Waals surface area contributed by atoms with E-state index in [4.69, 9.17) is 16.6 Å². The summed E-state index contributed by atoms with van der Waals surface area (Å²) in [6, 6.07) is 27.3. The monoisotopic (exact) mass is 537 g/mol. The molecule has 3 N–H and O–H groups in total. The van der Waals surface area contributed by atoms with Crippen molar-refractivity contribution in [2.75, 3.05) is 0 Å². The molecule has 0 aliphatic rings. The minimum Gasteiger partial charge on any atom is -0.478 e. The van der Waals surface area contributed by atoms with Crippen molar-refractivity contribution in [1.82, 2.24) is 15.3 Å². The fourth-order valence-electron chi connectivity index (χ4n) is 4.80. The molecule has 196 valence electrons. The summed E-state index contributed by atoms with van der Waals surface area (Å²) in [7, 11) is 0. The lowest BCUT2D eigenvalue weighted by atomic mass is 9.93. The lowest BCUT2D eigenvalue weighted by Crippen LogP contribution is -2.29. The van der Waals surface area contributed by atoms with Gasteiger partial charge < -0.3 is 15.4 Å². The van der Waals surface area contributed by atoms with Crippen LogP contribution in [0, 0.1) is 5.92 Å². The van der Waals surface area contributed by atoms with Crippen LogP contribution in [-0.2, 0) is 0 Å². The number of carbonyl (C=O) groups excluding carboxylic acids is 1. The zero-order chi connectivity index (χ0) is 27.5. The smallest absolute Gasteiger partial charge is 0.336 e. The molecule has 1 aromatic heterocycles. The lowest BCUT2D eigenvalue weighted by molar-refractivity contribution is 0.0697. The number of carboxylic acids is 1. The normalized spacial score (nSPS) is 12.0. The molecule has 4 aromatic carbocycles. The molecule has 1 amide bonds. The van der Waals surface area contributed by atoms with Crippen LogP contribution in [-0.4, -0.2) is 27.0 Å². The second kappa shape index (κ2) is 11.1. The predicted octanol–water partition coefficient (Wildman–Crippen LogP) is 7.77. The highest BCUT2D eigenvalue weighted by Gasteiger charge is 2.22. The zero-order valence-electron chi connectivity index (χ0n) is 21.6. The van der Waals surface area contributed by atoms with Gasteiger partial charge in [-0.3, -0.25) is 4.79 Å². The number of fused-ring (bicyclic) bond motifs is 1. The molecule has 0 radical (unpaired) electrons. The van der Waals surface area contributed by atoms with E-state index in [9.17, 15) is 14.7 Å². The zero-order valence-corrected chi connectivity index (χ0v) is 22.4. The Morgan fingerprint density at radius 3 is 2.33 bits per heavy atom. The Labute approximate surface area is 231 Å². The number of aromatic carboxylic acids is 1. The average Bonchev–Trinajstić information content (AvgIpc) is 3.36. The Hall–Kier alpha value is -4.42. The van der Waals surface area contributed by atoms with Gasteiger partial charge in [-0.1, -0.05) is 74.0 Å². The van der Waals surface area contributed by atoms with Crippen LogP contribution in [0.25, 0.3) is 33.5 Å². The number of hydrogen-bond acceptors (Lipinski definition) is 3. The lowest BCUT2D eigenvalue weighted by Gasteiger charge is -2.21. The molecule has 5 rings (SSSR count). The standard InChI is InChI=1S/C32H28ClN3O3/c1-19(2)16-29(20-8-4-3-5-9-20)36-31(37)21-12-14-23(26(17-21)32(38)39)25-18-22(33)13-15-24(25)30-34-27-10-6-7-11-28(27)35-30/h3-15,17-19,29H,16H2,1-2H3,(H,34,35)(H,36,37)(H,38,39). The highest BCUT2D eigenvalue weighted by atomic mass is 35.5. The molecule has 0 saturated carbocycles. The molecule has 0 spiro atoms. The van der Waals surface area contributed by atoms with Crippen LogP contribution in [0.3, 0.4) is 0 Å². The van der Waals surface area contributed by atoms with Gasteiger partial charge in [-0.05, 0) is 71.5 Å². The van der Waals surface area contributed by atoms with E-state index < -0.39 is 5.97 Å². The highest BCUT2D eigenvalue weighted by molar-refractivity contribution is 6.31. The van der Waals surface area contributed by atoms with Crippen LogP contribution in [0.15, 0.2) is 91.0 Å². The first-order valence-electron chi connectivity index (χ1n) is 12.8. The number of nitrogens with one attached hydrogen (secondary N) is 2. The maximum Gasteiger partial charge on any atom is 0.336 e. The Morgan fingerprint density at radius 2 is 1.62 bits per heavy atom. The molecule has 0 fully saturated rings. The van der Waals surface area contributed by atoms with Gasteiger partial charge in [0.2, 0.25) is 0 Å². The number of hydrogen-bond donors (Lipinski definition) is 3. The Kier molecular flexibility index (Phi) is 7.48. The second-order valence-corrected chi connectivity index (χ2v) is 10.4. The molecule has 0 saturated heterocycles. The van der Waals surface area contributed by atoms with Gasteiger partial charge in [0, 0.05) is 16.1 Å². The number of carbonyl (C=O) groups is 2. The summed E-state index contributed by atoms with van der Waals surface area (Å²) >= 11 is 6.36. The third kappa shape index (κ3) is 5.71. The van der Waals surface area contributed by atoms with Gasteiger partial charge >= 0.3 is 5.97 Å². The first kappa shape index (κ1) is 26.2. The summed E-state index contributed by atoms with van der Waals surface area (Å²) in [6.07, 6.45) is 0.753. The van der Waals surface area contributed by atoms with Crippen LogP contribution >= 0.6 is 11.6 Å². The first-order valence-corrected chi connectivity index (χ1v) is 13.2. The number of aromatic amines is 1. The van der Waals surface area contributed by atoms with E-state index in [2.05, 4.69) is 24.1 Å². The van der Waals surface area contributed by atoms with Crippen molar-refractivity contribution < 1.29 is 14.7 Å². The SMILES string of the molecule is CC(C)CC(NC(=O)c1ccc(-c2cc(Cl)ccc2-c2nc3ccccc3[nH]2)c(C(=O)O)c1)c1ccccc1. The van der Waals surface area contributed by atoms with Crippen molar-refractivity contribution in [2.24, 2.45) is 5.92 Å². The van der Waals surface area contributed by atoms with Gasteiger partial charge in [-0.2, -0.15) is 0 Å². The van der Waals surface area contributed by atoms with E-state index in [1.54, 1.807) is 24.3 Å². The number of amides is 1. The maximum atomic E-state index is 13.3. The molecular formula is C32H28ClN3O3. The summed E-state index contributed by atoms with van der Waals surface area (Å²) in [5.74, 6) is -0.522. The van der Waals surface area contributed by atoms with Crippen molar-refractivity contribution in [1.29, 1.82) is 0 Å². The van der Waals surface area contributed by atoms with Crippen molar-refractivity contribution in [3.63, 3.8) is 0 Å². The van der Waals surface area contributed by atoms with Gasteiger partial charge in [0.05, 0.1) is 22.6 Å². The van der Waals surface area contributed by atoms with Crippen LogP contribution in [0.4, 0.5) is 0 Å². The Morgan fingerprint density at radius 1 is 0.897 bits per heavy atom. The summed E-state index contributed by atoms with van der Waals surface area (Å²) in [5.41, 5.74) is 4.70. The molecule has 7 heteroatoms. The van der Waals surface area contributed by atoms with Crippen molar-refractivity contribution in [2.45, 2.75) is 26.3 Å². The number of nitrogens with zero attached hydrogens (tertiary/aromatic N) is 1. The fraction of sp³-hybridized carbons (Fsp3) is 0.156. The molecule has 39 heavy (non-hydrogen) atoms. The summed E-state index contributed by atoms with van der Waals surface area (Å²) in [5, 5.41) is 13.7. The molecule has 0 aliphatic heterocycles. The van der Waals surface area contributed by atoms with Crippen molar-refractivity contribution in [3.8, 4) is 22.5 Å². The molecule has 6 nitrogen and oxygen atoms in total. The number of rotatable bonds is 8. The number of H-pyrrole nitrogens is 1. The van der Waals surface area contributed by atoms with Gasteiger partial charge in [0.15, 0.2) is 0 Å². The van der Waals surface area contributed by atoms with E-state index in [1.165, 1.54) is 6.07 Å². The van der Waals surface area contributed by atoms with Crippen LogP contribution in [0.5, 0.6) is 0 Å². The fourth-order valence-corrected chi connectivity index (χ4v) is 4.97. The topological polar surface area (TPSA) is 95.1 Å². The van der Waals surface area contributed by atoms with Crippen LogP contribution < -0.4 is 5.32 Å². The van der Waals surface area contributed by atoms with E-state index in [0.717, 1.165) is 23.0 Å². The Balaban J connectivity index is 1.54. The molecule has 1 atom stereocenters. The van der Waals surface area contributed by atoms with Gasteiger partial charge in [-0.25, -0.2) is 9.78 Å². The maximum absolute atomic E-state index is 13.3. The number of imidazole rings is 1. The molecule has 0 aliphatic carbocycles. The molecule has 1 heterocycles. The van der Waals surface area contributed by atoms with E-state index in [-0.39, 0.29) is 23.1 Å². The van der Waals surface area contributed by atoms with Gasteiger partial charge in [0.1, 0.15) is 5.82 Å². The van der Waals surface area contributed by atoms with Gasteiger partial charge in [-0.15, -0.1) is 0 Å². The number of benzene rings is 4. The Bertz CT molecular complexity index is 1630. The summed E-state index contributed by atoms with van der Waals surface area (Å²) in [6.45, 7) is 4.20. The number of carboxylic acid groups (broad SMARTS) is 1. The van der Waals surface area contributed by atoms with Crippen LogP contribution in [0.1, 0.15) is 52.6 Å². The summed E-state index contributed by atoms with van der Waals surface area (Å²) in [4.78, 5) is 33.8. The molecule has 1 unspecified atom stereocenters. The predicted molar refractivity (Wildman–Crippen MR) is 155 cm³/mol. The van der Waals surface area contributed by atoms with Crippen molar-refractivity contribution in [3.05, 3.63) is 113 Å². The van der Waals surface area contributed by atoms with E-state index >= 15 is 0 Å². The number of aromatic nitrogens is 2. The van der Waals surface area contributed by atoms with Crippen molar-refractivity contribution >= 4 is 34.5 Å². The molecular weight excluding hydrogens is 510 g/mol. The highest BCUT2D eigenvalue weighted by Crippen LogP contribution is 2.36. The number of halogens is 1. The first-order chi connectivity index (χ1) is 18.8.